The fourth-order valence-electron chi connectivity index (χ4n) is 5.82. The highest BCUT2D eigenvalue weighted by Gasteiger charge is 2.45. The number of rotatable bonds is 5. The minimum absolute atomic E-state index is 0.229. The molecular formula is C29H28ClN5O. The van der Waals surface area contributed by atoms with Crippen LogP contribution in [0, 0.1) is 23.2 Å². The number of piperazine rings is 1. The number of anilines is 1. The smallest absolute Gasteiger partial charge is 0.226 e. The van der Waals surface area contributed by atoms with Gasteiger partial charge in [0.2, 0.25) is 5.91 Å². The second kappa shape index (κ2) is 8.45. The molecule has 7 rings (SSSR count). The quantitative estimate of drug-likeness (QED) is 0.433. The number of pyridine rings is 2. The molecule has 6 nitrogen and oxygen atoms in total. The zero-order chi connectivity index (χ0) is 24.4. The van der Waals surface area contributed by atoms with Gasteiger partial charge in [-0.25, -0.2) is 9.97 Å². The summed E-state index contributed by atoms with van der Waals surface area (Å²) in [6.45, 7) is 2.20. The van der Waals surface area contributed by atoms with Crippen molar-refractivity contribution in [3.05, 3.63) is 52.8 Å². The molecule has 3 aromatic rings. The lowest BCUT2D eigenvalue weighted by atomic mass is 9.96. The first-order chi connectivity index (χ1) is 17.6. The first-order valence-electron chi connectivity index (χ1n) is 13.2. The Bertz CT molecular complexity index is 1420. The zero-order valence-electron chi connectivity index (χ0n) is 20.2. The van der Waals surface area contributed by atoms with Crippen LogP contribution >= 0.6 is 11.6 Å². The van der Waals surface area contributed by atoms with Crippen LogP contribution in [0.5, 0.6) is 0 Å². The van der Waals surface area contributed by atoms with Crippen LogP contribution in [0.3, 0.4) is 0 Å². The number of para-hydroxylation sites is 1. The lowest BCUT2D eigenvalue weighted by Crippen LogP contribution is -2.57. The summed E-state index contributed by atoms with van der Waals surface area (Å²) in [5, 5.41) is 11.7. The van der Waals surface area contributed by atoms with Gasteiger partial charge in [0.05, 0.1) is 22.8 Å². The third-order valence-electron chi connectivity index (χ3n) is 8.19. The third kappa shape index (κ3) is 3.90. The SMILES string of the molecule is N#Cc1cc(-c2cc(Cl)nc3ccccc23)c(C2CC2)nc1N1CCN(C(=O)C2CC2)[C@H](C2CC2)C1. The highest BCUT2D eigenvalue weighted by Crippen LogP contribution is 2.47. The number of nitrogens with zero attached hydrogens (tertiary/aromatic N) is 5. The van der Waals surface area contributed by atoms with Gasteiger partial charge in [-0.2, -0.15) is 5.26 Å². The number of halogens is 1. The summed E-state index contributed by atoms with van der Waals surface area (Å²) in [6, 6.07) is 14.6. The van der Waals surface area contributed by atoms with E-state index in [0.717, 1.165) is 72.3 Å². The fraction of sp³-hybridized carbons (Fsp3) is 0.448. The summed E-state index contributed by atoms with van der Waals surface area (Å²) in [4.78, 5) is 27.1. The molecule has 0 radical (unpaired) electrons. The monoisotopic (exact) mass is 497 g/mol. The van der Waals surface area contributed by atoms with E-state index in [1.54, 1.807) is 0 Å². The Kier molecular flexibility index (Phi) is 5.18. The predicted molar refractivity (Wildman–Crippen MR) is 140 cm³/mol. The van der Waals surface area contributed by atoms with Gasteiger partial charge in [0.25, 0.3) is 0 Å². The van der Waals surface area contributed by atoms with E-state index in [9.17, 15) is 10.1 Å². The van der Waals surface area contributed by atoms with Crippen LogP contribution in [0.1, 0.15) is 55.7 Å². The van der Waals surface area contributed by atoms with E-state index in [0.29, 0.717) is 35.0 Å². The van der Waals surface area contributed by atoms with Crippen molar-refractivity contribution in [2.45, 2.75) is 50.5 Å². The van der Waals surface area contributed by atoms with Crippen LogP contribution in [-0.4, -0.2) is 46.5 Å². The second-order valence-corrected chi connectivity index (χ2v) is 11.2. The minimum Gasteiger partial charge on any atom is -0.352 e. The van der Waals surface area contributed by atoms with Crippen molar-refractivity contribution in [2.24, 2.45) is 11.8 Å². The first-order valence-corrected chi connectivity index (χ1v) is 13.5. The molecule has 3 aliphatic carbocycles. The highest BCUT2D eigenvalue weighted by atomic mass is 35.5. The molecule has 1 aromatic carbocycles. The summed E-state index contributed by atoms with van der Waals surface area (Å²) in [6.07, 6.45) is 6.67. The number of amides is 1. The molecule has 1 amide bonds. The number of nitriles is 1. The lowest BCUT2D eigenvalue weighted by molar-refractivity contribution is -0.135. The number of carbonyl (C=O) groups is 1. The van der Waals surface area contributed by atoms with Crippen LogP contribution in [0.25, 0.3) is 22.0 Å². The van der Waals surface area contributed by atoms with E-state index in [4.69, 9.17) is 16.6 Å². The average molecular weight is 498 g/mol. The summed E-state index contributed by atoms with van der Waals surface area (Å²) in [7, 11) is 0. The minimum atomic E-state index is 0.229. The van der Waals surface area contributed by atoms with Crippen molar-refractivity contribution in [3.8, 4) is 17.2 Å². The number of aromatic nitrogens is 2. The molecule has 3 saturated carbocycles. The Labute approximate surface area is 215 Å². The van der Waals surface area contributed by atoms with E-state index in [1.165, 1.54) is 12.8 Å². The van der Waals surface area contributed by atoms with E-state index < -0.39 is 0 Å². The van der Waals surface area contributed by atoms with Gasteiger partial charge in [0, 0.05) is 42.4 Å². The Hall–Kier alpha value is -3.17. The molecule has 4 aliphatic rings. The van der Waals surface area contributed by atoms with Gasteiger partial charge >= 0.3 is 0 Å². The molecule has 1 atom stereocenters. The number of hydrogen-bond acceptors (Lipinski definition) is 5. The molecule has 2 aromatic heterocycles. The van der Waals surface area contributed by atoms with E-state index in [2.05, 4.69) is 26.9 Å². The molecule has 3 heterocycles. The molecule has 0 bridgehead atoms. The van der Waals surface area contributed by atoms with Crippen molar-refractivity contribution in [2.75, 3.05) is 24.5 Å². The number of fused-ring (bicyclic) bond motifs is 1. The maximum Gasteiger partial charge on any atom is 0.226 e. The van der Waals surface area contributed by atoms with Crippen molar-refractivity contribution in [3.63, 3.8) is 0 Å². The highest BCUT2D eigenvalue weighted by molar-refractivity contribution is 6.30. The van der Waals surface area contributed by atoms with Gasteiger partial charge < -0.3 is 9.80 Å². The molecule has 0 N–H and O–H groups in total. The van der Waals surface area contributed by atoms with Crippen molar-refractivity contribution in [1.29, 1.82) is 5.26 Å². The van der Waals surface area contributed by atoms with Gasteiger partial charge in [0.1, 0.15) is 17.0 Å². The molecule has 7 heteroatoms. The van der Waals surface area contributed by atoms with Crippen LogP contribution in [0.15, 0.2) is 36.4 Å². The predicted octanol–water partition coefficient (Wildman–Crippen LogP) is 5.54. The summed E-state index contributed by atoms with van der Waals surface area (Å²) >= 11 is 6.43. The molecule has 4 fully saturated rings. The maximum atomic E-state index is 13.0. The van der Waals surface area contributed by atoms with Crippen molar-refractivity contribution in [1.82, 2.24) is 14.9 Å². The van der Waals surface area contributed by atoms with Gasteiger partial charge in [-0.15, -0.1) is 0 Å². The summed E-state index contributed by atoms with van der Waals surface area (Å²) < 4.78 is 0. The first kappa shape index (κ1) is 22.1. The summed E-state index contributed by atoms with van der Waals surface area (Å²) in [5.74, 6) is 2.34. The fourth-order valence-corrected chi connectivity index (χ4v) is 6.02. The van der Waals surface area contributed by atoms with Gasteiger partial charge in [0.15, 0.2) is 0 Å². The van der Waals surface area contributed by atoms with Crippen LogP contribution < -0.4 is 4.90 Å². The zero-order valence-corrected chi connectivity index (χ0v) is 20.9. The third-order valence-corrected chi connectivity index (χ3v) is 8.38. The Morgan fingerprint density at radius 1 is 1.00 bits per heavy atom. The topological polar surface area (TPSA) is 73.1 Å². The molecule has 36 heavy (non-hydrogen) atoms. The van der Waals surface area contributed by atoms with E-state index in [1.807, 2.05) is 30.3 Å². The van der Waals surface area contributed by atoms with Crippen molar-refractivity contribution < 1.29 is 4.79 Å². The van der Waals surface area contributed by atoms with Crippen LogP contribution in [-0.2, 0) is 4.79 Å². The largest absolute Gasteiger partial charge is 0.352 e. The normalized spacial score (nSPS) is 22.1. The maximum absolute atomic E-state index is 13.0. The van der Waals surface area contributed by atoms with Gasteiger partial charge in [-0.3, -0.25) is 4.79 Å². The number of benzene rings is 1. The van der Waals surface area contributed by atoms with Crippen LogP contribution in [0.4, 0.5) is 5.82 Å². The molecule has 0 spiro atoms. The molecule has 1 aliphatic heterocycles. The lowest BCUT2D eigenvalue weighted by Gasteiger charge is -2.43. The summed E-state index contributed by atoms with van der Waals surface area (Å²) in [5.41, 5.74) is 4.45. The Morgan fingerprint density at radius 2 is 1.81 bits per heavy atom. The number of hydrogen-bond donors (Lipinski definition) is 0. The molecule has 1 saturated heterocycles. The average Bonchev–Trinajstić information content (AvgIpc) is 3.76. The Morgan fingerprint density at radius 3 is 2.53 bits per heavy atom. The number of carbonyl (C=O) groups excluding carboxylic acids is 1. The molecule has 0 unspecified atom stereocenters. The van der Waals surface area contributed by atoms with E-state index >= 15 is 0 Å². The molecule has 182 valence electrons. The van der Waals surface area contributed by atoms with E-state index in [-0.39, 0.29) is 12.0 Å². The van der Waals surface area contributed by atoms with Gasteiger partial charge in [-0.05, 0) is 68.2 Å². The molecular weight excluding hydrogens is 470 g/mol. The van der Waals surface area contributed by atoms with Crippen LogP contribution in [0.2, 0.25) is 5.15 Å². The Balaban J connectivity index is 1.29. The second-order valence-electron chi connectivity index (χ2n) is 10.8. The van der Waals surface area contributed by atoms with Gasteiger partial charge in [-0.1, -0.05) is 29.8 Å². The standard InChI is InChI=1S/C29H28ClN5O/c30-26-14-22(21-3-1-2-4-24(21)32-26)23-13-20(15-31)28(33-27(23)18-7-8-18)34-11-12-35(29(36)19-9-10-19)25(16-34)17-5-6-17/h1-4,13-14,17-19,25H,5-12,16H2/t25-/m0/s1. The van der Waals surface area contributed by atoms with Crippen molar-refractivity contribution >= 4 is 34.2 Å².